The summed E-state index contributed by atoms with van der Waals surface area (Å²) in [6.45, 7) is 5.88. The summed E-state index contributed by atoms with van der Waals surface area (Å²) >= 11 is 0. The number of aromatic nitrogens is 2. The van der Waals surface area contributed by atoms with Crippen molar-refractivity contribution in [3.8, 4) is 0 Å². The number of H-pyrrole nitrogens is 1. The highest BCUT2D eigenvalue weighted by Crippen LogP contribution is 2.17. The highest BCUT2D eigenvalue weighted by Gasteiger charge is 2.22. The predicted octanol–water partition coefficient (Wildman–Crippen LogP) is 2.15. The van der Waals surface area contributed by atoms with Crippen molar-refractivity contribution in [1.29, 1.82) is 0 Å². The van der Waals surface area contributed by atoms with Crippen LogP contribution in [0, 0.1) is 0 Å². The summed E-state index contributed by atoms with van der Waals surface area (Å²) in [5, 5.41) is 6.27. The highest BCUT2D eigenvalue weighted by molar-refractivity contribution is 5.87. The average molecular weight is 196 g/mol. The van der Waals surface area contributed by atoms with Crippen LogP contribution in [-0.4, -0.2) is 21.8 Å². The summed E-state index contributed by atoms with van der Waals surface area (Å²) in [4.78, 5) is 11.5. The maximum Gasteiger partial charge on any atom is 0.356 e. The number of hydrogen-bond acceptors (Lipinski definition) is 3. The van der Waals surface area contributed by atoms with Gasteiger partial charge in [-0.05, 0) is 26.3 Å². The SMILES string of the molecule is CCCC(C)(C)OC(=O)c1ccn[nH]1. The van der Waals surface area contributed by atoms with Crippen LogP contribution < -0.4 is 0 Å². The molecule has 78 valence electrons. The molecule has 0 atom stereocenters. The van der Waals surface area contributed by atoms with Crippen LogP contribution in [0.25, 0.3) is 0 Å². The highest BCUT2D eigenvalue weighted by atomic mass is 16.6. The first kappa shape index (κ1) is 10.8. The fourth-order valence-electron chi connectivity index (χ4n) is 1.33. The van der Waals surface area contributed by atoms with Crippen LogP contribution in [0.2, 0.25) is 0 Å². The number of carbonyl (C=O) groups is 1. The third-order valence-corrected chi connectivity index (χ3v) is 1.94. The number of nitrogens with one attached hydrogen (secondary N) is 1. The molecule has 0 aliphatic rings. The van der Waals surface area contributed by atoms with Gasteiger partial charge < -0.3 is 4.74 Å². The number of carbonyl (C=O) groups excluding carboxylic acids is 1. The average Bonchev–Trinajstić information content (AvgIpc) is 2.53. The van der Waals surface area contributed by atoms with Gasteiger partial charge in [-0.3, -0.25) is 5.10 Å². The van der Waals surface area contributed by atoms with E-state index in [1.165, 1.54) is 6.20 Å². The first-order chi connectivity index (χ1) is 6.55. The van der Waals surface area contributed by atoms with E-state index in [4.69, 9.17) is 4.74 Å². The molecule has 4 nitrogen and oxygen atoms in total. The van der Waals surface area contributed by atoms with E-state index in [0.717, 1.165) is 12.8 Å². The largest absolute Gasteiger partial charge is 0.455 e. The van der Waals surface area contributed by atoms with Gasteiger partial charge in [0.15, 0.2) is 0 Å². The zero-order valence-electron chi connectivity index (χ0n) is 8.83. The van der Waals surface area contributed by atoms with Crippen LogP contribution in [0.15, 0.2) is 12.3 Å². The Bertz CT molecular complexity index is 291. The van der Waals surface area contributed by atoms with Crippen molar-refractivity contribution in [3.63, 3.8) is 0 Å². The molecule has 14 heavy (non-hydrogen) atoms. The summed E-state index contributed by atoms with van der Waals surface area (Å²) < 4.78 is 5.31. The van der Waals surface area contributed by atoms with Gasteiger partial charge >= 0.3 is 5.97 Å². The van der Waals surface area contributed by atoms with Crippen LogP contribution in [-0.2, 0) is 4.74 Å². The zero-order chi connectivity index (χ0) is 10.6. The lowest BCUT2D eigenvalue weighted by Crippen LogP contribution is -2.28. The van der Waals surface area contributed by atoms with Gasteiger partial charge in [-0.2, -0.15) is 5.10 Å². The Morgan fingerprint density at radius 2 is 2.36 bits per heavy atom. The van der Waals surface area contributed by atoms with Crippen molar-refractivity contribution in [3.05, 3.63) is 18.0 Å². The second-order valence-corrected chi connectivity index (χ2v) is 3.87. The minimum atomic E-state index is -0.406. The van der Waals surface area contributed by atoms with Gasteiger partial charge in [0, 0.05) is 6.20 Å². The van der Waals surface area contributed by atoms with Crippen LogP contribution >= 0.6 is 0 Å². The number of rotatable bonds is 4. The standard InChI is InChI=1S/C10H16N2O2/c1-4-6-10(2,3)14-9(13)8-5-7-11-12-8/h5,7H,4,6H2,1-3H3,(H,11,12). The smallest absolute Gasteiger partial charge is 0.356 e. The third-order valence-electron chi connectivity index (χ3n) is 1.94. The van der Waals surface area contributed by atoms with E-state index >= 15 is 0 Å². The quantitative estimate of drug-likeness (QED) is 0.750. The molecule has 1 aromatic heterocycles. The van der Waals surface area contributed by atoms with Gasteiger partial charge in [0.05, 0.1) is 0 Å². The second kappa shape index (κ2) is 4.26. The van der Waals surface area contributed by atoms with Crippen molar-refractivity contribution in [2.75, 3.05) is 0 Å². The third kappa shape index (κ3) is 2.87. The number of ether oxygens (including phenoxy) is 1. The molecule has 1 aromatic rings. The Morgan fingerprint density at radius 1 is 1.64 bits per heavy atom. The van der Waals surface area contributed by atoms with Crippen molar-refractivity contribution < 1.29 is 9.53 Å². The lowest BCUT2D eigenvalue weighted by molar-refractivity contribution is -0.00535. The van der Waals surface area contributed by atoms with Gasteiger partial charge in [0.25, 0.3) is 0 Å². The second-order valence-electron chi connectivity index (χ2n) is 3.87. The fraction of sp³-hybridized carbons (Fsp3) is 0.600. The van der Waals surface area contributed by atoms with E-state index in [1.807, 2.05) is 13.8 Å². The molecule has 4 heteroatoms. The van der Waals surface area contributed by atoms with E-state index in [2.05, 4.69) is 17.1 Å². The maximum absolute atomic E-state index is 11.5. The number of esters is 1. The molecule has 1 rings (SSSR count). The Labute approximate surface area is 83.7 Å². The molecule has 0 aliphatic carbocycles. The molecule has 0 bridgehead atoms. The van der Waals surface area contributed by atoms with Gasteiger partial charge in [0.1, 0.15) is 11.3 Å². The van der Waals surface area contributed by atoms with E-state index in [0.29, 0.717) is 5.69 Å². The van der Waals surface area contributed by atoms with Gasteiger partial charge in [-0.1, -0.05) is 13.3 Å². The lowest BCUT2D eigenvalue weighted by Gasteiger charge is -2.23. The Kier molecular flexibility index (Phi) is 3.28. The summed E-state index contributed by atoms with van der Waals surface area (Å²) in [6.07, 6.45) is 3.37. The first-order valence-corrected chi connectivity index (χ1v) is 4.78. The van der Waals surface area contributed by atoms with Gasteiger partial charge in [0.2, 0.25) is 0 Å². The summed E-state index contributed by atoms with van der Waals surface area (Å²) in [5.41, 5.74) is -0.00842. The molecule has 1 heterocycles. The summed E-state index contributed by atoms with van der Waals surface area (Å²) in [5.74, 6) is -0.346. The molecule has 0 spiro atoms. The van der Waals surface area contributed by atoms with E-state index < -0.39 is 5.60 Å². The minimum Gasteiger partial charge on any atom is -0.455 e. The monoisotopic (exact) mass is 196 g/mol. The number of nitrogens with zero attached hydrogens (tertiary/aromatic N) is 1. The van der Waals surface area contributed by atoms with E-state index in [1.54, 1.807) is 6.07 Å². The van der Waals surface area contributed by atoms with Crippen molar-refractivity contribution >= 4 is 5.97 Å². The fourth-order valence-corrected chi connectivity index (χ4v) is 1.33. The van der Waals surface area contributed by atoms with Gasteiger partial charge in [-0.15, -0.1) is 0 Å². The molecular formula is C10H16N2O2. The Balaban J connectivity index is 2.57. The van der Waals surface area contributed by atoms with E-state index in [-0.39, 0.29) is 5.97 Å². The van der Waals surface area contributed by atoms with Crippen molar-refractivity contribution in [2.24, 2.45) is 0 Å². The Hall–Kier alpha value is -1.32. The van der Waals surface area contributed by atoms with Crippen molar-refractivity contribution in [1.82, 2.24) is 10.2 Å². The van der Waals surface area contributed by atoms with Crippen LogP contribution in [0.4, 0.5) is 0 Å². The first-order valence-electron chi connectivity index (χ1n) is 4.78. The zero-order valence-corrected chi connectivity index (χ0v) is 8.83. The Morgan fingerprint density at radius 3 is 2.86 bits per heavy atom. The molecule has 0 saturated carbocycles. The van der Waals surface area contributed by atoms with E-state index in [9.17, 15) is 4.79 Å². The number of aromatic amines is 1. The summed E-state index contributed by atoms with van der Waals surface area (Å²) in [6, 6.07) is 1.60. The molecule has 0 fully saturated rings. The molecule has 0 amide bonds. The normalized spacial score (nSPS) is 11.4. The molecule has 1 N–H and O–H groups in total. The van der Waals surface area contributed by atoms with Crippen LogP contribution in [0.3, 0.4) is 0 Å². The molecule has 0 aromatic carbocycles. The van der Waals surface area contributed by atoms with Gasteiger partial charge in [-0.25, -0.2) is 4.79 Å². The van der Waals surface area contributed by atoms with Crippen LogP contribution in [0.1, 0.15) is 44.1 Å². The number of hydrogen-bond donors (Lipinski definition) is 1. The lowest BCUT2D eigenvalue weighted by atomic mass is 10.0. The predicted molar refractivity (Wildman–Crippen MR) is 53.0 cm³/mol. The molecule has 0 saturated heterocycles. The van der Waals surface area contributed by atoms with Crippen molar-refractivity contribution in [2.45, 2.75) is 39.2 Å². The molecule has 0 radical (unpaired) electrons. The maximum atomic E-state index is 11.5. The molecule has 0 aliphatic heterocycles. The molecular weight excluding hydrogens is 180 g/mol. The topological polar surface area (TPSA) is 55.0 Å². The van der Waals surface area contributed by atoms with Crippen LogP contribution in [0.5, 0.6) is 0 Å². The minimum absolute atomic E-state index is 0.346. The molecule has 0 unspecified atom stereocenters. The summed E-state index contributed by atoms with van der Waals surface area (Å²) in [7, 11) is 0.